The van der Waals surface area contributed by atoms with Crippen molar-refractivity contribution < 1.29 is 9.47 Å². The van der Waals surface area contributed by atoms with E-state index in [4.69, 9.17) is 9.47 Å². The van der Waals surface area contributed by atoms with Crippen molar-refractivity contribution in [3.8, 4) is 0 Å². The topological polar surface area (TPSA) is 39.5 Å². The average Bonchev–Trinajstić information content (AvgIpc) is 2.64. The summed E-state index contributed by atoms with van der Waals surface area (Å²) in [5.74, 6) is 0. The first-order chi connectivity index (χ1) is 8.15. The Hall–Kier alpha value is -0.910. The number of hydrogen-bond acceptors (Lipinski definition) is 4. The van der Waals surface area contributed by atoms with Crippen LogP contribution in [0.3, 0.4) is 0 Å². The molecule has 5 nitrogen and oxygen atoms in total. The molecule has 0 fully saturated rings. The number of aryl methyl sites for hydroxylation is 1. The lowest BCUT2D eigenvalue weighted by Crippen LogP contribution is -2.32. The molecule has 0 saturated carbocycles. The quantitative estimate of drug-likeness (QED) is 0.642. The van der Waals surface area contributed by atoms with Gasteiger partial charge in [0.15, 0.2) is 6.29 Å². The molecule has 1 aromatic heterocycles. The molecule has 1 aromatic rings. The van der Waals surface area contributed by atoms with Crippen molar-refractivity contribution >= 4 is 0 Å². The molecule has 0 radical (unpaired) electrons. The predicted octanol–water partition coefficient (Wildman–Crippen LogP) is 1.25. The lowest BCUT2D eigenvalue weighted by molar-refractivity contribution is -0.145. The molecule has 0 saturated heterocycles. The zero-order valence-electron chi connectivity index (χ0n) is 11.2. The van der Waals surface area contributed by atoms with Crippen LogP contribution in [-0.2, 0) is 23.1 Å². The van der Waals surface area contributed by atoms with Crippen LogP contribution in [0.5, 0.6) is 0 Å². The van der Waals surface area contributed by atoms with E-state index in [2.05, 4.69) is 17.0 Å². The summed E-state index contributed by atoms with van der Waals surface area (Å²) in [6, 6.07) is 0. The monoisotopic (exact) mass is 241 g/mol. The van der Waals surface area contributed by atoms with Gasteiger partial charge in [-0.2, -0.15) is 5.10 Å². The van der Waals surface area contributed by atoms with E-state index in [1.807, 2.05) is 38.0 Å². The van der Waals surface area contributed by atoms with E-state index in [0.29, 0.717) is 13.2 Å². The van der Waals surface area contributed by atoms with Crippen molar-refractivity contribution in [3.63, 3.8) is 0 Å². The predicted molar refractivity (Wildman–Crippen MR) is 66.6 cm³/mol. The standard InChI is InChI=1S/C12H23N3O2/c1-5-16-12(17-6-2)10-14(3)8-11-7-13-15(4)9-11/h7,9,12H,5-6,8,10H2,1-4H3. The summed E-state index contributed by atoms with van der Waals surface area (Å²) in [7, 11) is 3.98. The molecule has 0 spiro atoms. The minimum atomic E-state index is -0.147. The van der Waals surface area contributed by atoms with Gasteiger partial charge < -0.3 is 9.47 Å². The zero-order valence-corrected chi connectivity index (χ0v) is 11.2. The van der Waals surface area contributed by atoms with Crippen LogP contribution in [0.4, 0.5) is 0 Å². The molecule has 0 aliphatic heterocycles. The molecule has 0 N–H and O–H groups in total. The summed E-state index contributed by atoms with van der Waals surface area (Å²) < 4.78 is 12.8. The Balaban J connectivity index is 2.38. The van der Waals surface area contributed by atoms with E-state index in [1.165, 1.54) is 5.56 Å². The first-order valence-electron chi connectivity index (χ1n) is 6.05. The van der Waals surface area contributed by atoms with E-state index in [-0.39, 0.29) is 6.29 Å². The Morgan fingerprint density at radius 3 is 2.47 bits per heavy atom. The highest BCUT2D eigenvalue weighted by molar-refractivity contribution is 5.02. The molecule has 0 atom stereocenters. The van der Waals surface area contributed by atoms with E-state index >= 15 is 0 Å². The summed E-state index contributed by atoms with van der Waals surface area (Å²) in [6.45, 7) is 6.91. The van der Waals surface area contributed by atoms with Gasteiger partial charge in [0.05, 0.1) is 6.20 Å². The Morgan fingerprint density at radius 1 is 1.35 bits per heavy atom. The van der Waals surface area contributed by atoms with E-state index in [1.54, 1.807) is 0 Å². The molecule has 0 bridgehead atoms. The number of likely N-dealkylation sites (N-methyl/N-ethyl adjacent to an activating group) is 1. The molecule has 0 unspecified atom stereocenters. The number of ether oxygens (including phenoxy) is 2. The van der Waals surface area contributed by atoms with Gasteiger partial charge in [-0.15, -0.1) is 0 Å². The highest BCUT2D eigenvalue weighted by Crippen LogP contribution is 2.04. The summed E-state index contributed by atoms with van der Waals surface area (Å²) in [5.41, 5.74) is 1.20. The maximum atomic E-state index is 5.51. The second kappa shape index (κ2) is 7.42. The molecule has 98 valence electrons. The number of nitrogens with zero attached hydrogens (tertiary/aromatic N) is 3. The molecule has 0 aromatic carbocycles. The second-order valence-electron chi connectivity index (χ2n) is 4.06. The van der Waals surface area contributed by atoms with Gasteiger partial charge in [-0.1, -0.05) is 0 Å². The molecule has 5 heteroatoms. The maximum Gasteiger partial charge on any atom is 0.170 e. The maximum absolute atomic E-state index is 5.51. The zero-order chi connectivity index (χ0) is 12.7. The van der Waals surface area contributed by atoms with Crippen LogP contribution in [0.15, 0.2) is 12.4 Å². The first-order valence-corrected chi connectivity index (χ1v) is 6.05. The van der Waals surface area contributed by atoms with Crippen LogP contribution in [0.2, 0.25) is 0 Å². The molecule has 0 aliphatic rings. The van der Waals surface area contributed by atoms with Crippen molar-refractivity contribution in [2.24, 2.45) is 7.05 Å². The van der Waals surface area contributed by atoms with Gasteiger partial charge in [0.2, 0.25) is 0 Å². The van der Waals surface area contributed by atoms with E-state index in [0.717, 1.165) is 13.1 Å². The van der Waals surface area contributed by atoms with Gasteiger partial charge >= 0.3 is 0 Å². The van der Waals surface area contributed by atoms with Crippen LogP contribution in [0, 0.1) is 0 Å². The van der Waals surface area contributed by atoms with E-state index in [9.17, 15) is 0 Å². The Labute approximate surface area is 103 Å². The summed E-state index contributed by atoms with van der Waals surface area (Å²) in [5, 5.41) is 4.15. The molecular weight excluding hydrogens is 218 g/mol. The van der Waals surface area contributed by atoms with Crippen LogP contribution >= 0.6 is 0 Å². The third-order valence-electron chi connectivity index (χ3n) is 2.38. The van der Waals surface area contributed by atoms with E-state index < -0.39 is 0 Å². The summed E-state index contributed by atoms with van der Waals surface area (Å²) >= 11 is 0. The first kappa shape index (κ1) is 14.2. The summed E-state index contributed by atoms with van der Waals surface area (Å²) in [6.07, 6.45) is 3.76. The third-order valence-corrected chi connectivity index (χ3v) is 2.38. The SMILES string of the molecule is CCOC(CN(C)Cc1cnn(C)c1)OCC. The number of hydrogen-bond donors (Lipinski definition) is 0. The van der Waals surface area contributed by atoms with Crippen molar-refractivity contribution in [2.45, 2.75) is 26.7 Å². The van der Waals surface area contributed by atoms with Crippen molar-refractivity contribution in [3.05, 3.63) is 18.0 Å². The van der Waals surface area contributed by atoms with Crippen LogP contribution in [0.1, 0.15) is 19.4 Å². The Bertz CT molecular complexity index is 308. The lowest BCUT2D eigenvalue weighted by Gasteiger charge is -2.23. The lowest BCUT2D eigenvalue weighted by atomic mass is 10.3. The van der Waals surface area contributed by atoms with Gasteiger partial charge in [0.1, 0.15) is 0 Å². The average molecular weight is 241 g/mol. The fraction of sp³-hybridized carbons (Fsp3) is 0.750. The highest BCUT2D eigenvalue weighted by Gasteiger charge is 2.12. The van der Waals surface area contributed by atoms with Crippen LogP contribution < -0.4 is 0 Å². The second-order valence-corrected chi connectivity index (χ2v) is 4.06. The third kappa shape index (κ3) is 5.30. The van der Waals surface area contributed by atoms with Crippen LogP contribution in [-0.4, -0.2) is 47.8 Å². The number of aromatic nitrogens is 2. The molecule has 0 aliphatic carbocycles. The van der Waals surface area contributed by atoms with Gasteiger partial charge in [0.25, 0.3) is 0 Å². The normalized spacial score (nSPS) is 11.6. The molecule has 1 heterocycles. The fourth-order valence-corrected chi connectivity index (χ4v) is 1.71. The van der Waals surface area contributed by atoms with Gasteiger partial charge in [-0.05, 0) is 20.9 Å². The minimum Gasteiger partial charge on any atom is -0.352 e. The minimum absolute atomic E-state index is 0.147. The summed E-state index contributed by atoms with van der Waals surface area (Å²) in [4.78, 5) is 2.17. The highest BCUT2D eigenvalue weighted by atomic mass is 16.7. The van der Waals surface area contributed by atoms with Crippen molar-refractivity contribution in [1.82, 2.24) is 14.7 Å². The van der Waals surface area contributed by atoms with Gasteiger partial charge in [0, 0.05) is 45.1 Å². The van der Waals surface area contributed by atoms with Gasteiger partial charge in [-0.3, -0.25) is 9.58 Å². The molecule has 0 amide bonds. The van der Waals surface area contributed by atoms with Crippen molar-refractivity contribution in [2.75, 3.05) is 26.8 Å². The van der Waals surface area contributed by atoms with Gasteiger partial charge in [-0.25, -0.2) is 0 Å². The molecule has 17 heavy (non-hydrogen) atoms. The number of rotatable bonds is 8. The largest absolute Gasteiger partial charge is 0.352 e. The van der Waals surface area contributed by atoms with Crippen molar-refractivity contribution in [1.29, 1.82) is 0 Å². The fourth-order valence-electron chi connectivity index (χ4n) is 1.71. The Kier molecular flexibility index (Phi) is 6.18. The molecule has 1 rings (SSSR count). The van der Waals surface area contributed by atoms with Crippen LogP contribution in [0.25, 0.3) is 0 Å². The Morgan fingerprint density at radius 2 is 2.00 bits per heavy atom. The molecular formula is C12H23N3O2. The smallest absolute Gasteiger partial charge is 0.170 e.